The van der Waals surface area contributed by atoms with Crippen LogP contribution in [-0.2, 0) is 0 Å². The van der Waals surface area contributed by atoms with Gasteiger partial charge in [0.15, 0.2) is 0 Å². The average molecular weight is 298 g/mol. The fourth-order valence-corrected chi connectivity index (χ4v) is 2.34. The van der Waals surface area contributed by atoms with Crippen molar-refractivity contribution in [2.24, 2.45) is 0 Å². The minimum absolute atomic E-state index is 0.227. The highest BCUT2D eigenvalue weighted by atomic mass is 16.1. The monoisotopic (exact) mass is 298 g/mol. The van der Waals surface area contributed by atoms with E-state index in [9.17, 15) is 10.1 Å². The number of carbonyl (C=O) groups excluding carboxylic acids is 1. The van der Waals surface area contributed by atoms with Crippen LogP contribution >= 0.6 is 0 Å². The summed E-state index contributed by atoms with van der Waals surface area (Å²) in [6, 6.07) is 26.4. The molecule has 0 atom stereocenters. The molecule has 23 heavy (non-hydrogen) atoms. The van der Waals surface area contributed by atoms with Gasteiger partial charge in [0.25, 0.3) is 5.91 Å². The second kappa shape index (κ2) is 6.59. The van der Waals surface area contributed by atoms with Gasteiger partial charge in [0.2, 0.25) is 0 Å². The molecule has 0 spiro atoms. The van der Waals surface area contributed by atoms with E-state index in [0.717, 1.165) is 11.1 Å². The standard InChI is InChI=1S/C20H14N2O/c21-14-18-13-17(15-7-3-1-4-8-15)11-12-19(18)22-20(23)16-9-5-2-6-10-16/h1-13H,(H,22,23). The Morgan fingerprint density at radius 1 is 0.826 bits per heavy atom. The van der Waals surface area contributed by atoms with E-state index < -0.39 is 0 Å². The van der Waals surface area contributed by atoms with Crippen molar-refractivity contribution in [2.45, 2.75) is 0 Å². The minimum atomic E-state index is -0.227. The molecule has 0 saturated carbocycles. The summed E-state index contributed by atoms with van der Waals surface area (Å²) in [4.78, 5) is 12.2. The molecule has 0 heterocycles. The van der Waals surface area contributed by atoms with E-state index in [1.807, 2.05) is 42.5 Å². The lowest BCUT2D eigenvalue weighted by Gasteiger charge is -2.09. The van der Waals surface area contributed by atoms with Gasteiger partial charge in [-0.05, 0) is 35.4 Å². The van der Waals surface area contributed by atoms with E-state index in [2.05, 4.69) is 11.4 Å². The van der Waals surface area contributed by atoms with Gasteiger partial charge in [-0.1, -0.05) is 54.6 Å². The molecular weight excluding hydrogens is 284 g/mol. The number of nitrogens with zero attached hydrogens (tertiary/aromatic N) is 1. The van der Waals surface area contributed by atoms with Crippen molar-refractivity contribution < 1.29 is 4.79 Å². The summed E-state index contributed by atoms with van der Waals surface area (Å²) in [6.07, 6.45) is 0. The summed E-state index contributed by atoms with van der Waals surface area (Å²) in [5, 5.41) is 12.2. The first-order valence-electron chi connectivity index (χ1n) is 7.24. The van der Waals surface area contributed by atoms with Gasteiger partial charge in [-0.25, -0.2) is 0 Å². The molecule has 3 aromatic rings. The quantitative estimate of drug-likeness (QED) is 0.775. The maximum Gasteiger partial charge on any atom is 0.255 e. The molecule has 110 valence electrons. The molecule has 3 aromatic carbocycles. The van der Waals surface area contributed by atoms with Crippen LogP contribution in [0.4, 0.5) is 5.69 Å². The number of rotatable bonds is 3. The number of hydrogen-bond donors (Lipinski definition) is 1. The number of benzene rings is 3. The second-order valence-corrected chi connectivity index (χ2v) is 5.06. The number of nitriles is 1. The molecule has 0 fully saturated rings. The SMILES string of the molecule is N#Cc1cc(-c2ccccc2)ccc1NC(=O)c1ccccc1. The van der Waals surface area contributed by atoms with Gasteiger partial charge in [0, 0.05) is 5.56 Å². The van der Waals surface area contributed by atoms with Crippen LogP contribution in [0.5, 0.6) is 0 Å². The molecule has 3 heteroatoms. The lowest BCUT2D eigenvalue weighted by molar-refractivity contribution is 0.102. The van der Waals surface area contributed by atoms with Gasteiger partial charge in [-0.2, -0.15) is 5.26 Å². The van der Waals surface area contributed by atoms with Gasteiger partial charge in [-0.15, -0.1) is 0 Å². The zero-order valence-electron chi connectivity index (χ0n) is 12.4. The van der Waals surface area contributed by atoms with Crippen molar-refractivity contribution in [1.29, 1.82) is 5.26 Å². The minimum Gasteiger partial charge on any atom is -0.321 e. The predicted molar refractivity (Wildman–Crippen MR) is 91.0 cm³/mol. The maximum absolute atomic E-state index is 12.2. The van der Waals surface area contributed by atoms with E-state index in [1.54, 1.807) is 36.4 Å². The Kier molecular flexibility index (Phi) is 4.17. The zero-order valence-corrected chi connectivity index (χ0v) is 12.4. The van der Waals surface area contributed by atoms with E-state index in [-0.39, 0.29) is 5.91 Å². The molecule has 0 bridgehead atoms. The van der Waals surface area contributed by atoms with Gasteiger partial charge in [0.1, 0.15) is 6.07 Å². The van der Waals surface area contributed by atoms with E-state index in [0.29, 0.717) is 16.8 Å². The van der Waals surface area contributed by atoms with Crippen molar-refractivity contribution in [1.82, 2.24) is 0 Å². The fraction of sp³-hybridized carbons (Fsp3) is 0. The van der Waals surface area contributed by atoms with Crippen LogP contribution in [0.2, 0.25) is 0 Å². The number of amides is 1. The lowest BCUT2D eigenvalue weighted by atomic mass is 10.0. The first-order chi connectivity index (χ1) is 11.3. The van der Waals surface area contributed by atoms with Crippen LogP contribution in [-0.4, -0.2) is 5.91 Å². The molecule has 0 saturated heterocycles. The normalized spacial score (nSPS) is 9.87. The highest BCUT2D eigenvalue weighted by Gasteiger charge is 2.10. The number of carbonyl (C=O) groups is 1. The lowest BCUT2D eigenvalue weighted by Crippen LogP contribution is -2.12. The molecule has 1 N–H and O–H groups in total. The third-order valence-electron chi connectivity index (χ3n) is 3.53. The molecule has 0 aliphatic rings. The molecule has 3 rings (SSSR count). The summed E-state index contributed by atoms with van der Waals surface area (Å²) in [7, 11) is 0. The second-order valence-electron chi connectivity index (χ2n) is 5.06. The Bertz CT molecular complexity index is 865. The van der Waals surface area contributed by atoms with Gasteiger partial charge < -0.3 is 5.32 Å². The molecule has 0 aliphatic carbocycles. The highest BCUT2D eigenvalue weighted by Crippen LogP contribution is 2.25. The van der Waals surface area contributed by atoms with Crippen molar-refractivity contribution >= 4 is 11.6 Å². The van der Waals surface area contributed by atoms with E-state index in [1.165, 1.54) is 0 Å². The van der Waals surface area contributed by atoms with Crippen LogP contribution in [0.3, 0.4) is 0 Å². The smallest absolute Gasteiger partial charge is 0.255 e. The molecular formula is C20H14N2O. The van der Waals surface area contributed by atoms with Crippen LogP contribution in [0.25, 0.3) is 11.1 Å². The maximum atomic E-state index is 12.2. The summed E-state index contributed by atoms with van der Waals surface area (Å²) in [5.41, 5.74) is 3.49. The van der Waals surface area contributed by atoms with Crippen LogP contribution < -0.4 is 5.32 Å². The van der Waals surface area contributed by atoms with Crippen molar-refractivity contribution in [2.75, 3.05) is 5.32 Å². The average Bonchev–Trinajstić information content (AvgIpc) is 2.63. The van der Waals surface area contributed by atoms with Gasteiger partial charge in [-0.3, -0.25) is 4.79 Å². The third kappa shape index (κ3) is 3.28. The van der Waals surface area contributed by atoms with Gasteiger partial charge >= 0.3 is 0 Å². The molecule has 0 radical (unpaired) electrons. The van der Waals surface area contributed by atoms with E-state index in [4.69, 9.17) is 0 Å². The van der Waals surface area contributed by atoms with Crippen molar-refractivity contribution in [3.63, 3.8) is 0 Å². The Morgan fingerprint density at radius 2 is 1.48 bits per heavy atom. The van der Waals surface area contributed by atoms with Crippen molar-refractivity contribution in [3.05, 3.63) is 90.0 Å². The summed E-state index contributed by atoms with van der Waals surface area (Å²) < 4.78 is 0. The third-order valence-corrected chi connectivity index (χ3v) is 3.53. The molecule has 0 aromatic heterocycles. The number of hydrogen-bond acceptors (Lipinski definition) is 2. The molecule has 0 unspecified atom stereocenters. The Labute approximate surface area is 134 Å². The Hall–Kier alpha value is -3.38. The molecule has 0 aliphatic heterocycles. The summed E-state index contributed by atoms with van der Waals surface area (Å²) in [5.74, 6) is -0.227. The summed E-state index contributed by atoms with van der Waals surface area (Å²) >= 11 is 0. The molecule has 1 amide bonds. The molecule has 3 nitrogen and oxygen atoms in total. The summed E-state index contributed by atoms with van der Waals surface area (Å²) in [6.45, 7) is 0. The van der Waals surface area contributed by atoms with Crippen LogP contribution in [0, 0.1) is 11.3 Å². The van der Waals surface area contributed by atoms with Gasteiger partial charge in [0.05, 0.1) is 11.3 Å². The topological polar surface area (TPSA) is 52.9 Å². The van der Waals surface area contributed by atoms with Crippen LogP contribution in [0.1, 0.15) is 15.9 Å². The zero-order chi connectivity index (χ0) is 16.1. The largest absolute Gasteiger partial charge is 0.321 e. The van der Waals surface area contributed by atoms with E-state index >= 15 is 0 Å². The predicted octanol–water partition coefficient (Wildman–Crippen LogP) is 4.48. The van der Waals surface area contributed by atoms with Crippen molar-refractivity contribution in [3.8, 4) is 17.2 Å². The highest BCUT2D eigenvalue weighted by molar-refractivity contribution is 6.05. The number of anilines is 1. The Balaban J connectivity index is 1.89. The Morgan fingerprint density at radius 3 is 2.13 bits per heavy atom. The number of nitrogens with one attached hydrogen (secondary N) is 1. The van der Waals surface area contributed by atoms with Crippen LogP contribution in [0.15, 0.2) is 78.9 Å². The fourth-order valence-electron chi connectivity index (χ4n) is 2.34. The first kappa shape index (κ1) is 14.6. The first-order valence-corrected chi connectivity index (χ1v) is 7.24.